The number of carbonyl (C=O) groups is 1. The second-order valence-electron chi connectivity index (χ2n) is 7.82. The first kappa shape index (κ1) is 24.0. The van der Waals surface area contributed by atoms with E-state index < -0.39 is 22.5 Å². The van der Waals surface area contributed by atoms with Crippen LogP contribution in [0.25, 0.3) is 0 Å². The molecule has 0 saturated heterocycles. The van der Waals surface area contributed by atoms with Crippen LogP contribution < -0.4 is 9.04 Å². The topological polar surface area (TPSA) is 63.7 Å². The van der Waals surface area contributed by atoms with Gasteiger partial charge in [0, 0.05) is 4.47 Å². The molecule has 3 rings (SSSR count). The van der Waals surface area contributed by atoms with Crippen LogP contribution in [0.2, 0.25) is 0 Å². The molecule has 0 radical (unpaired) electrons. The van der Waals surface area contributed by atoms with Crippen molar-refractivity contribution >= 4 is 37.5 Å². The Bertz CT molecular complexity index is 1220. The highest BCUT2D eigenvalue weighted by atomic mass is 79.9. The van der Waals surface area contributed by atoms with Crippen molar-refractivity contribution in [3.8, 4) is 5.75 Å². The smallest absolute Gasteiger partial charge is 0.278 e. The van der Waals surface area contributed by atoms with Crippen molar-refractivity contribution in [1.29, 1.82) is 0 Å². The number of nitrogens with zero attached hydrogens (tertiary/aromatic N) is 1. The molecule has 0 aromatic heterocycles. The van der Waals surface area contributed by atoms with Crippen LogP contribution in [0.5, 0.6) is 5.75 Å². The van der Waals surface area contributed by atoms with Crippen LogP contribution in [0.1, 0.15) is 36.5 Å². The first-order chi connectivity index (χ1) is 15.1. The SMILES string of the molecule is Cc1cccc(N(C(=O)COc2ccc(Br)cc2C(C)C)S(=O)(=O)c2ccccc2)c1C. The monoisotopic (exact) mass is 515 g/mol. The van der Waals surface area contributed by atoms with Crippen molar-refractivity contribution in [2.24, 2.45) is 0 Å². The number of benzene rings is 3. The van der Waals surface area contributed by atoms with Crippen molar-refractivity contribution in [3.63, 3.8) is 0 Å². The van der Waals surface area contributed by atoms with E-state index in [-0.39, 0.29) is 10.8 Å². The Morgan fingerprint density at radius 2 is 1.69 bits per heavy atom. The lowest BCUT2D eigenvalue weighted by atomic mass is 10.0. The number of rotatable bonds is 7. The highest BCUT2D eigenvalue weighted by molar-refractivity contribution is 9.10. The number of halogens is 1. The van der Waals surface area contributed by atoms with E-state index in [9.17, 15) is 13.2 Å². The summed E-state index contributed by atoms with van der Waals surface area (Å²) in [6.07, 6.45) is 0. The third-order valence-electron chi connectivity index (χ3n) is 5.25. The molecule has 0 aliphatic carbocycles. The number of ether oxygens (including phenoxy) is 1. The second kappa shape index (κ2) is 9.88. The molecule has 0 bridgehead atoms. The Morgan fingerprint density at radius 3 is 2.34 bits per heavy atom. The molecule has 0 saturated carbocycles. The van der Waals surface area contributed by atoms with Crippen molar-refractivity contribution in [3.05, 3.63) is 87.9 Å². The van der Waals surface area contributed by atoms with E-state index in [0.717, 1.165) is 19.9 Å². The van der Waals surface area contributed by atoms with E-state index in [2.05, 4.69) is 15.9 Å². The first-order valence-corrected chi connectivity index (χ1v) is 12.5. The maximum absolute atomic E-state index is 13.5. The third kappa shape index (κ3) is 5.05. The highest BCUT2D eigenvalue weighted by Crippen LogP contribution is 2.31. The Labute approximate surface area is 198 Å². The summed E-state index contributed by atoms with van der Waals surface area (Å²) < 4.78 is 34.6. The van der Waals surface area contributed by atoms with Crippen molar-refractivity contribution in [2.45, 2.75) is 38.5 Å². The van der Waals surface area contributed by atoms with Crippen LogP contribution in [0, 0.1) is 13.8 Å². The lowest BCUT2D eigenvalue weighted by Crippen LogP contribution is -2.40. The molecule has 1 amide bonds. The van der Waals surface area contributed by atoms with E-state index in [4.69, 9.17) is 4.74 Å². The van der Waals surface area contributed by atoms with E-state index in [0.29, 0.717) is 17.0 Å². The van der Waals surface area contributed by atoms with E-state index in [1.165, 1.54) is 12.1 Å². The minimum absolute atomic E-state index is 0.0424. The maximum atomic E-state index is 13.5. The predicted octanol–water partition coefficient (Wildman–Crippen LogP) is 5.99. The van der Waals surface area contributed by atoms with Crippen LogP contribution in [0.15, 0.2) is 76.1 Å². The van der Waals surface area contributed by atoms with Crippen molar-refractivity contribution < 1.29 is 17.9 Å². The summed E-state index contributed by atoms with van der Waals surface area (Å²) in [7, 11) is -4.13. The van der Waals surface area contributed by atoms with Gasteiger partial charge in [-0.2, -0.15) is 4.31 Å². The quantitative estimate of drug-likeness (QED) is 0.387. The predicted molar refractivity (Wildman–Crippen MR) is 131 cm³/mol. The molecule has 32 heavy (non-hydrogen) atoms. The van der Waals surface area contributed by atoms with E-state index in [1.807, 2.05) is 39.0 Å². The zero-order chi connectivity index (χ0) is 23.5. The minimum atomic E-state index is -4.13. The molecule has 0 unspecified atom stereocenters. The summed E-state index contributed by atoms with van der Waals surface area (Å²) in [4.78, 5) is 13.4. The number of hydrogen-bond donors (Lipinski definition) is 0. The number of amides is 1. The number of hydrogen-bond acceptors (Lipinski definition) is 4. The Hall–Kier alpha value is -2.64. The van der Waals surface area contributed by atoms with Gasteiger partial charge in [-0.1, -0.05) is 60.1 Å². The second-order valence-corrected chi connectivity index (χ2v) is 10.5. The van der Waals surface area contributed by atoms with Gasteiger partial charge >= 0.3 is 0 Å². The minimum Gasteiger partial charge on any atom is -0.483 e. The van der Waals surface area contributed by atoms with Crippen LogP contribution in [-0.2, 0) is 14.8 Å². The van der Waals surface area contributed by atoms with Crippen molar-refractivity contribution in [2.75, 3.05) is 10.9 Å². The Morgan fingerprint density at radius 1 is 1.00 bits per heavy atom. The normalized spacial score (nSPS) is 11.4. The zero-order valence-electron chi connectivity index (χ0n) is 18.5. The van der Waals surface area contributed by atoms with Crippen LogP contribution >= 0.6 is 15.9 Å². The van der Waals surface area contributed by atoms with E-state index in [1.54, 1.807) is 43.3 Å². The number of sulfonamides is 1. The van der Waals surface area contributed by atoms with Gasteiger partial charge < -0.3 is 4.74 Å². The Balaban J connectivity index is 2.01. The van der Waals surface area contributed by atoms with Gasteiger partial charge in [-0.3, -0.25) is 4.79 Å². The van der Waals surface area contributed by atoms with Gasteiger partial charge in [0.2, 0.25) is 0 Å². The fourth-order valence-electron chi connectivity index (χ4n) is 3.35. The average Bonchev–Trinajstić information content (AvgIpc) is 2.76. The molecule has 5 nitrogen and oxygen atoms in total. The summed E-state index contributed by atoms with van der Waals surface area (Å²) in [6, 6.07) is 18.8. The molecule has 0 aliphatic rings. The van der Waals surface area contributed by atoms with Gasteiger partial charge in [-0.05, 0) is 72.9 Å². The van der Waals surface area contributed by atoms with Crippen LogP contribution in [-0.4, -0.2) is 20.9 Å². The molecule has 168 valence electrons. The van der Waals surface area contributed by atoms with Crippen LogP contribution in [0.3, 0.4) is 0 Å². The molecule has 3 aromatic rings. The van der Waals surface area contributed by atoms with Gasteiger partial charge in [0.05, 0.1) is 10.6 Å². The van der Waals surface area contributed by atoms with Gasteiger partial charge in [0.15, 0.2) is 6.61 Å². The zero-order valence-corrected chi connectivity index (χ0v) is 20.9. The first-order valence-electron chi connectivity index (χ1n) is 10.2. The Kier molecular flexibility index (Phi) is 7.41. The number of aryl methyl sites for hydroxylation is 1. The molecule has 0 aliphatic heterocycles. The summed E-state index contributed by atoms with van der Waals surface area (Å²) in [5.41, 5.74) is 2.85. The summed E-state index contributed by atoms with van der Waals surface area (Å²) >= 11 is 3.46. The van der Waals surface area contributed by atoms with Crippen LogP contribution in [0.4, 0.5) is 5.69 Å². The molecule has 0 spiro atoms. The lowest BCUT2D eigenvalue weighted by Gasteiger charge is -2.25. The van der Waals surface area contributed by atoms with Crippen molar-refractivity contribution in [1.82, 2.24) is 0 Å². The summed E-state index contributed by atoms with van der Waals surface area (Å²) in [5.74, 6) is 0.0514. The fourth-order valence-corrected chi connectivity index (χ4v) is 5.22. The molecule has 7 heteroatoms. The molecule has 0 N–H and O–H groups in total. The van der Waals surface area contributed by atoms with Gasteiger partial charge in [-0.25, -0.2) is 8.42 Å². The molecule has 0 heterocycles. The molecule has 0 atom stereocenters. The molecule has 3 aromatic carbocycles. The highest BCUT2D eigenvalue weighted by Gasteiger charge is 2.32. The van der Waals surface area contributed by atoms with Gasteiger partial charge in [-0.15, -0.1) is 0 Å². The molecular weight excluding hydrogens is 490 g/mol. The summed E-state index contributed by atoms with van der Waals surface area (Å²) in [6.45, 7) is 7.32. The lowest BCUT2D eigenvalue weighted by molar-refractivity contribution is -0.119. The standard InChI is InChI=1S/C25H26BrNO4S/c1-17(2)22-15-20(26)13-14-24(22)31-16-25(28)27(23-12-8-9-18(3)19(23)4)32(29,30)21-10-6-5-7-11-21/h5-15,17H,16H2,1-4H3. The van der Waals surface area contributed by atoms with Gasteiger partial charge in [0.1, 0.15) is 5.75 Å². The molecule has 0 fully saturated rings. The number of carbonyl (C=O) groups excluding carboxylic acids is 1. The maximum Gasteiger partial charge on any atom is 0.278 e. The van der Waals surface area contributed by atoms with Gasteiger partial charge in [0.25, 0.3) is 15.9 Å². The summed E-state index contributed by atoms with van der Waals surface area (Å²) in [5, 5.41) is 0. The molecular formula is C25H26BrNO4S. The average molecular weight is 516 g/mol. The largest absolute Gasteiger partial charge is 0.483 e. The number of anilines is 1. The third-order valence-corrected chi connectivity index (χ3v) is 7.49. The van der Waals surface area contributed by atoms with E-state index >= 15 is 0 Å². The fraction of sp³-hybridized carbons (Fsp3) is 0.240.